The van der Waals surface area contributed by atoms with Crippen LogP contribution in [0.25, 0.3) is 0 Å². The summed E-state index contributed by atoms with van der Waals surface area (Å²) in [5.74, 6) is -0.0576. The zero-order valence-corrected chi connectivity index (χ0v) is 14.4. The largest absolute Gasteiger partial charge is 0.352 e. The van der Waals surface area contributed by atoms with Gasteiger partial charge in [-0.05, 0) is 31.4 Å². The van der Waals surface area contributed by atoms with Crippen molar-refractivity contribution >= 4 is 27.5 Å². The van der Waals surface area contributed by atoms with E-state index in [1.54, 1.807) is 26.0 Å². The summed E-state index contributed by atoms with van der Waals surface area (Å²) >= 11 is 6.16. The molecule has 1 fully saturated rings. The number of aryl methyl sites for hydroxylation is 1. The van der Waals surface area contributed by atoms with Crippen molar-refractivity contribution in [3.8, 4) is 0 Å². The number of piperidine rings is 1. The quantitative estimate of drug-likeness (QED) is 0.911. The zero-order valence-electron chi connectivity index (χ0n) is 12.8. The van der Waals surface area contributed by atoms with Crippen LogP contribution in [0.3, 0.4) is 0 Å². The van der Waals surface area contributed by atoms with Crippen LogP contribution in [0, 0.1) is 6.92 Å². The molecule has 1 atom stereocenters. The van der Waals surface area contributed by atoms with E-state index >= 15 is 0 Å². The van der Waals surface area contributed by atoms with E-state index < -0.39 is 10.0 Å². The monoisotopic (exact) mass is 344 g/mol. The molecular formula is C15H21ClN2O3S. The standard InChI is InChI=1S/C15H21ClN2O3S/c1-3-14(19)17-12-7-5-9-18(10-12)22(20,21)13-8-4-6-11(2)15(13)16/h4,6,8,12H,3,5,7,9-10H2,1-2H3,(H,17,19). The van der Waals surface area contributed by atoms with E-state index in [0.717, 1.165) is 18.4 Å². The minimum Gasteiger partial charge on any atom is -0.352 e. The van der Waals surface area contributed by atoms with E-state index in [4.69, 9.17) is 11.6 Å². The van der Waals surface area contributed by atoms with Gasteiger partial charge in [0, 0.05) is 25.6 Å². The summed E-state index contributed by atoms with van der Waals surface area (Å²) in [6.45, 7) is 4.30. The van der Waals surface area contributed by atoms with E-state index in [-0.39, 0.29) is 21.9 Å². The Morgan fingerprint density at radius 1 is 1.45 bits per heavy atom. The Labute approximate surface area is 136 Å². The Balaban J connectivity index is 2.22. The summed E-state index contributed by atoms with van der Waals surface area (Å²) in [6.07, 6.45) is 1.91. The maximum atomic E-state index is 12.8. The van der Waals surface area contributed by atoms with Gasteiger partial charge in [0.1, 0.15) is 4.90 Å². The van der Waals surface area contributed by atoms with Crippen LogP contribution in [-0.4, -0.2) is 37.8 Å². The molecule has 1 aliphatic rings. The number of hydrogen-bond acceptors (Lipinski definition) is 3. The molecule has 0 saturated carbocycles. The van der Waals surface area contributed by atoms with Crippen molar-refractivity contribution in [3.63, 3.8) is 0 Å². The third-order valence-electron chi connectivity index (χ3n) is 3.84. The molecule has 0 aliphatic carbocycles. The number of nitrogens with one attached hydrogen (secondary N) is 1. The van der Waals surface area contributed by atoms with Gasteiger partial charge in [0.2, 0.25) is 15.9 Å². The van der Waals surface area contributed by atoms with Gasteiger partial charge in [-0.15, -0.1) is 0 Å². The summed E-state index contributed by atoms with van der Waals surface area (Å²) in [6, 6.07) is 4.86. The van der Waals surface area contributed by atoms with Gasteiger partial charge in [0.25, 0.3) is 0 Å². The Hall–Kier alpha value is -1.11. The van der Waals surface area contributed by atoms with Crippen molar-refractivity contribution in [3.05, 3.63) is 28.8 Å². The van der Waals surface area contributed by atoms with E-state index in [1.807, 2.05) is 0 Å². The molecule has 1 aliphatic heterocycles. The SMILES string of the molecule is CCC(=O)NC1CCCN(S(=O)(=O)c2cccc(C)c2Cl)C1. The zero-order chi connectivity index (χ0) is 16.3. The highest BCUT2D eigenvalue weighted by Crippen LogP contribution is 2.29. The molecule has 1 unspecified atom stereocenters. The van der Waals surface area contributed by atoms with Crippen LogP contribution in [0.1, 0.15) is 31.7 Å². The first-order chi connectivity index (χ1) is 10.4. The number of carbonyl (C=O) groups excluding carboxylic acids is 1. The van der Waals surface area contributed by atoms with Crippen molar-refractivity contribution in [1.82, 2.24) is 9.62 Å². The predicted octanol–water partition coefficient (Wildman–Crippen LogP) is 2.33. The molecule has 22 heavy (non-hydrogen) atoms. The molecular weight excluding hydrogens is 324 g/mol. The third-order valence-corrected chi connectivity index (χ3v) is 6.37. The van der Waals surface area contributed by atoms with E-state index in [0.29, 0.717) is 19.5 Å². The minimum absolute atomic E-state index is 0.0576. The first kappa shape index (κ1) is 17.2. The summed E-state index contributed by atoms with van der Waals surface area (Å²) < 4.78 is 27.0. The van der Waals surface area contributed by atoms with Crippen molar-refractivity contribution in [1.29, 1.82) is 0 Å². The van der Waals surface area contributed by atoms with Crippen LogP contribution < -0.4 is 5.32 Å². The van der Waals surface area contributed by atoms with Crippen LogP contribution in [-0.2, 0) is 14.8 Å². The molecule has 7 heteroatoms. The van der Waals surface area contributed by atoms with Gasteiger partial charge < -0.3 is 5.32 Å². The van der Waals surface area contributed by atoms with Crippen molar-refractivity contribution in [2.75, 3.05) is 13.1 Å². The number of amides is 1. The second kappa shape index (κ2) is 6.98. The van der Waals surface area contributed by atoms with Crippen LogP contribution in [0.2, 0.25) is 5.02 Å². The maximum Gasteiger partial charge on any atom is 0.244 e. The van der Waals surface area contributed by atoms with Gasteiger partial charge in [-0.3, -0.25) is 4.79 Å². The molecule has 5 nitrogen and oxygen atoms in total. The molecule has 1 amide bonds. The lowest BCUT2D eigenvalue weighted by molar-refractivity contribution is -0.121. The van der Waals surface area contributed by atoms with Gasteiger partial charge in [-0.1, -0.05) is 30.7 Å². The summed E-state index contributed by atoms with van der Waals surface area (Å²) in [5, 5.41) is 3.14. The van der Waals surface area contributed by atoms with Gasteiger partial charge in [-0.2, -0.15) is 4.31 Å². The molecule has 0 spiro atoms. The molecule has 1 N–H and O–H groups in total. The molecule has 122 valence electrons. The van der Waals surface area contributed by atoms with Crippen LogP contribution >= 0.6 is 11.6 Å². The number of carbonyl (C=O) groups is 1. The highest BCUT2D eigenvalue weighted by atomic mass is 35.5. The second-order valence-electron chi connectivity index (χ2n) is 5.51. The molecule has 1 aromatic rings. The molecule has 1 heterocycles. The van der Waals surface area contributed by atoms with E-state index in [2.05, 4.69) is 5.32 Å². The Bertz CT molecular complexity index is 661. The van der Waals surface area contributed by atoms with E-state index in [9.17, 15) is 13.2 Å². The summed E-state index contributed by atoms with van der Waals surface area (Å²) in [5.41, 5.74) is 0.732. The van der Waals surface area contributed by atoms with Gasteiger partial charge >= 0.3 is 0 Å². The number of rotatable bonds is 4. The topological polar surface area (TPSA) is 66.5 Å². The Kier molecular flexibility index (Phi) is 5.47. The fourth-order valence-corrected chi connectivity index (χ4v) is 4.65. The maximum absolute atomic E-state index is 12.8. The molecule has 1 aromatic carbocycles. The summed E-state index contributed by atoms with van der Waals surface area (Å²) in [4.78, 5) is 11.6. The summed E-state index contributed by atoms with van der Waals surface area (Å²) in [7, 11) is -3.64. The van der Waals surface area contributed by atoms with Crippen LogP contribution in [0.5, 0.6) is 0 Å². The third kappa shape index (κ3) is 3.62. The first-order valence-corrected chi connectivity index (χ1v) is 9.22. The number of benzene rings is 1. The van der Waals surface area contributed by atoms with E-state index in [1.165, 1.54) is 10.4 Å². The number of nitrogens with zero attached hydrogens (tertiary/aromatic N) is 1. The lowest BCUT2D eigenvalue weighted by Crippen LogP contribution is -2.49. The smallest absolute Gasteiger partial charge is 0.244 e. The van der Waals surface area contributed by atoms with Crippen molar-refractivity contribution < 1.29 is 13.2 Å². The molecule has 2 rings (SSSR count). The minimum atomic E-state index is -3.64. The van der Waals surface area contributed by atoms with Gasteiger partial charge in [0.05, 0.1) is 5.02 Å². The first-order valence-electron chi connectivity index (χ1n) is 7.41. The predicted molar refractivity (Wildman–Crippen MR) is 86.4 cm³/mol. The fourth-order valence-electron chi connectivity index (χ4n) is 2.57. The normalized spacial score (nSPS) is 19.9. The molecule has 1 saturated heterocycles. The second-order valence-corrected chi connectivity index (χ2v) is 7.79. The van der Waals surface area contributed by atoms with Crippen LogP contribution in [0.4, 0.5) is 0 Å². The average molecular weight is 345 g/mol. The Morgan fingerprint density at radius 3 is 2.86 bits per heavy atom. The number of hydrogen-bond donors (Lipinski definition) is 1. The highest BCUT2D eigenvalue weighted by molar-refractivity contribution is 7.89. The molecule has 0 radical (unpaired) electrons. The lowest BCUT2D eigenvalue weighted by Gasteiger charge is -2.32. The highest BCUT2D eigenvalue weighted by Gasteiger charge is 2.32. The number of halogens is 1. The van der Waals surface area contributed by atoms with Crippen molar-refractivity contribution in [2.45, 2.75) is 44.0 Å². The van der Waals surface area contributed by atoms with Gasteiger partial charge in [-0.25, -0.2) is 8.42 Å². The Morgan fingerprint density at radius 2 is 2.18 bits per heavy atom. The average Bonchev–Trinajstić information content (AvgIpc) is 2.50. The molecule has 0 bridgehead atoms. The van der Waals surface area contributed by atoms with Crippen molar-refractivity contribution in [2.24, 2.45) is 0 Å². The van der Waals surface area contributed by atoms with Crippen LogP contribution in [0.15, 0.2) is 23.1 Å². The lowest BCUT2D eigenvalue weighted by atomic mass is 10.1. The number of sulfonamides is 1. The van der Waals surface area contributed by atoms with Gasteiger partial charge in [0.15, 0.2) is 0 Å². The molecule has 0 aromatic heterocycles. The fraction of sp³-hybridized carbons (Fsp3) is 0.533.